The molecule has 0 saturated carbocycles. The van der Waals surface area contributed by atoms with E-state index >= 15 is 0 Å². The highest BCUT2D eigenvalue weighted by atomic mass is 32.1. The Morgan fingerprint density at radius 1 is 1.30 bits per heavy atom. The van der Waals surface area contributed by atoms with Crippen LogP contribution in [0.25, 0.3) is 6.08 Å². The Labute approximate surface area is 195 Å². The molecule has 0 radical (unpaired) electrons. The van der Waals surface area contributed by atoms with Crippen molar-refractivity contribution in [1.82, 2.24) is 4.57 Å². The number of rotatable bonds is 7. The lowest BCUT2D eigenvalue weighted by Gasteiger charge is -2.23. The van der Waals surface area contributed by atoms with Crippen molar-refractivity contribution >= 4 is 40.4 Å². The lowest BCUT2D eigenvalue weighted by Crippen LogP contribution is -2.39. The molecule has 1 aliphatic rings. The lowest BCUT2D eigenvalue weighted by atomic mass is 10.0. The average molecular weight is 486 g/mol. The molecule has 0 saturated heterocycles. The van der Waals surface area contributed by atoms with Crippen molar-refractivity contribution in [2.75, 3.05) is 20.3 Å². The minimum atomic E-state index is -0.677. The fourth-order valence-corrected chi connectivity index (χ4v) is 5.34. The number of hydrogen-bond acceptors (Lipinski definition) is 9. The van der Waals surface area contributed by atoms with Crippen molar-refractivity contribution in [3.63, 3.8) is 0 Å². The molecule has 1 atom stereocenters. The first kappa shape index (κ1) is 22.8. The van der Waals surface area contributed by atoms with Gasteiger partial charge in [0.25, 0.3) is 11.2 Å². The second kappa shape index (κ2) is 9.61. The lowest BCUT2D eigenvalue weighted by molar-refractivity contribution is -0.384. The summed E-state index contributed by atoms with van der Waals surface area (Å²) < 4.78 is 12.1. The number of nitrogens with zero attached hydrogens (tertiary/aromatic N) is 3. The van der Waals surface area contributed by atoms with E-state index in [1.807, 2.05) is 17.5 Å². The Balaban J connectivity index is 1.85. The van der Waals surface area contributed by atoms with Crippen LogP contribution in [0, 0.1) is 10.1 Å². The summed E-state index contributed by atoms with van der Waals surface area (Å²) in [6.45, 7) is 2.05. The number of thiophene rings is 1. The van der Waals surface area contributed by atoms with Gasteiger partial charge >= 0.3 is 5.97 Å². The zero-order valence-corrected chi connectivity index (χ0v) is 19.4. The van der Waals surface area contributed by atoms with Gasteiger partial charge in [-0.15, -0.1) is 11.3 Å². The molecule has 0 fully saturated rings. The second-order valence-corrected chi connectivity index (χ2v) is 9.07. The number of benzene rings is 1. The van der Waals surface area contributed by atoms with E-state index in [2.05, 4.69) is 4.99 Å². The molecular weight excluding hydrogens is 466 g/mol. The van der Waals surface area contributed by atoms with Gasteiger partial charge in [0.05, 0.1) is 27.3 Å². The highest BCUT2D eigenvalue weighted by Crippen LogP contribution is 2.33. The molecule has 4 rings (SSSR count). The standard InChI is InChI=1S/C22H19N3O6S2/c1-13-18(21(27)31-9-8-30-2)19(16-7-4-10-32-16)24-20(26)17(33-22(24)23-13)12-14-5-3-6-15(11-14)25(28)29/h3-7,10-12,19H,8-9H2,1-2H3/b17-12-. The van der Waals surface area contributed by atoms with Gasteiger partial charge in [0.1, 0.15) is 12.6 Å². The summed E-state index contributed by atoms with van der Waals surface area (Å²) in [5.41, 5.74) is 0.891. The molecule has 0 spiro atoms. The van der Waals surface area contributed by atoms with Crippen molar-refractivity contribution in [1.29, 1.82) is 0 Å². The van der Waals surface area contributed by atoms with Crippen molar-refractivity contribution in [2.45, 2.75) is 13.0 Å². The molecule has 33 heavy (non-hydrogen) atoms. The monoisotopic (exact) mass is 485 g/mol. The number of nitro benzene ring substituents is 1. The van der Waals surface area contributed by atoms with Crippen molar-refractivity contribution < 1.29 is 19.2 Å². The van der Waals surface area contributed by atoms with Crippen LogP contribution >= 0.6 is 22.7 Å². The third-order valence-electron chi connectivity index (χ3n) is 4.95. The van der Waals surface area contributed by atoms with Crippen LogP contribution in [0.1, 0.15) is 23.4 Å². The quantitative estimate of drug-likeness (QED) is 0.220. The van der Waals surface area contributed by atoms with Gasteiger partial charge in [0.2, 0.25) is 0 Å². The molecule has 2 aromatic heterocycles. The zero-order chi connectivity index (χ0) is 23.5. The van der Waals surface area contributed by atoms with Gasteiger partial charge in [-0.3, -0.25) is 19.5 Å². The molecule has 3 aromatic rings. The van der Waals surface area contributed by atoms with Crippen molar-refractivity contribution in [2.24, 2.45) is 4.99 Å². The Kier molecular flexibility index (Phi) is 6.63. The Morgan fingerprint density at radius 3 is 2.82 bits per heavy atom. The minimum Gasteiger partial charge on any atom is -0.460 e. The first-order chi connectivity index (χ1) is 15.9. The third-order valence-corrected chi connectivity index (χ3v) is 6.86. The minimum absolute atomic E-state index is 0.0649. The molecule has 170 valence electrons. The van der Waals surface area contributed by atoms with E-state index < -0.39 is 16.9 Å². The summed E-state index contributed by atoms with van der Waals surface area (Å²) in [6, 6.07) is 9.07. The molecule has 1 aromatic carbocycles. The molecular formula is C22H19N3O6S2. The van der Waals surface area contributed by atoms with Gasteiger partial charge in [-0.05, 0) is 30.0 Å². The Bertz CT molecular complexity index is 1420. The predicted molar refractivity (Wildman–Crippen MR) is 124 cm³/mol. The van der Waals surface area contributed by atoms with Gasteiger partial charge < -0.3 is 9.47 Å². The van der Waals surface area contributed by atoms with Crippen LogP contribution in [-0.4, -0.2) is 35.8 Å². The van der Waals surface area contributed by atoms with E-state index in [-0.39, 0.29) is 24.5 Å². The number of hydrogen-bond donors (Lipinski definition) is 0. The van der Waals surface area contributed by atoms with E-state index in [4.69, 9.17) is 9.47 Å². The van der Waals surface area contributed by atoms with Crippen molar-refractivity contribution in [3.8, 4) is 0 Å². The third kappa shape index (κ3) is 4.56. The molecule has 11 heteroatoms. The Hall–Kier alpha value is -3.41. The van der Waals surface area contributed by atoms with E-state index in [0.717, 1.165) is 4.88 Å². The summed E-state index contributed by atoms with van der Waals surface area (Å²) in [5.74, 6) is -0.556. The fourth-order valence-electron chi connectivity index (χ4n) is 3.47. The maximum atomic E-state index is 13.4. The summed E-state index contributed by atoms with van der Waals surface area (Å²) in [4.78, 5) is 42.7. The first-order valence-electron chi connectivity index (χ1n) is 9.87. The number of thiazole rings is 1. The molecule has 0 N–H and O–H groups in total. The molecule has 3 heterocycles. The van der Waals surface area contributed by atoms with Gasteiger partial charge in [-0.1, -0.05) is 29.5 Å². The summed E-state index contributed by atoms with van der Waals surface area (Å²) in [6.07, 6.45) is 1.60. The van der Waals surface area contributed by atoms with Crippen LogP contribution in [0.15, 0.2) is 62.8 Å². The smallest absolute Gasteiger partial charge is 0.338 e. The van der Waals surface area contributed by atoms with Crippen LogP contribution < -0.4 is 14.9 Å². The fraction of sp³-hybridized carbons (Fsp3) is 0.227. The summed E-state index contributed by atoms with van der Waals surface area (Å²) >= 11 is 2.59. The number of aromatic nitrogens is 1. The number of nitro groups is 1. The van der Waals surface area contributed by atoms with Gasteiger partial charge in [0.15, 0.2) is 4.80 Å². The highest BCUT2D eigenvalue weighted by molar-refractivity contribution is 7.10. The van der Waals surface area contributed by atoms with E-state index in [1.54, 1.807) is 25.1 Å². The van der Waals surface area contributed by atoms with Crippen LogP contribution in [0.3, 0.4) is 0 Å². The number of carbonyl (C=O) groups is 1. The van der Waals surface area contributed by atoms with E-state index in [9.17, 15) is 19.7 Å². The molecule has 0 aliphatic carbocycles. The number of esters is 1. The normalized spacial score (nSPS) is 15.8. The number of fused-ring (bicyclic) bond motifs is 1. The number of ether oxygens (including phenoxy) is 2. The average Bonchev–Trinajstić information content (AvgIpc) is 3.42. The van der Waals surface area contributed by atoms with Crippen LogP contribution in [0.5, 0.6) is 0 Å². The van der Waals surface area contributed by atoms with Crippen molar-refractivity contribution in [3.05, 3.63) is 93.3 Å². The number of non-ortho nitro benzene ring substituents is 1. The number of carbonyl (C=O) groups excluding carboxylic acids is 1. The molecule has 0 amide bonds. The second-order valence-electron chi connectivity index (χ2n) is 7.08. The van der Waals surface area contributed by atoms with E-state index in [0.29, 0.717) is 26.2 Å². The van der Waals surface area contributed by atoms with Crippen LogP contribution in [-0.2, 0) is 14.3 Å². The van der Waals surface area contributed by atoms with Gasteiger partial charge in [-0.25, -0.2) is 9.79 Å². The number of methoxy groups -OCH3 is 1. The molecule has 1 aliphatic heterocycles. The maximum Gasteiger partial charge on any atom is 0.338 e. The number of allylic oxidation sites excluding steroid dienone is 1. The van der Waals surface area contributed by atoms with Gasteiger partial charge in [-0.2, -0.15) is 0 Å². The zero-order valence-electron chi connectivity index (χ0n) is 17.7. The summed E-state index contributed by atoms with van der Waals surface area (Å²) in [7, 11) is 1.51. The molecule has 0 bridgehead atoms. The van der Waals surface area contributed by atoms with Gasteiger partial charge in [0, 0.05) is 24.1 Å². The van der Waals surface area contributed by atoms with Crippen LogP contribution in [0.2, 0.25) is 0 Å². The van der Waals surface area contributed by atoms with Crippen LogP contribution in [0.4, 0.5) is 5.69 Å². The largest absolute Gasteiger partial charge is 0.460 e. The highest BCUT2D eigenvalue weighted by Gasteiger charge is 2.34. The Morgan fingerprint density at radius 2 is 2.12 bits per heavy atom. The molecule has 1 unspecified atom stereocenters. The van der Waals surface area contributed by atoms with E-state index in [1.165, 1.54) is 46.5 Å². The summed E-state index contributed by atoms with van der Waals surface area (Å²) in [5, 5.41) is 13.0. The maximum absolute atomic E-state index is 13.4. The topological polar surface area (TPSA) is 113 Å². The SMILES string of the molecule is COCCOC(=O)C1=C(C)N=c2s/c(=C\c3cccc([N+](=O)[O-])c3)c(=O)n2C1c1cccs1. The first-order valence-corrected chi connectivity index (χ1v) is 11.6. The molecule has 9 nitrogen and oxygen atoms in total. The predicted octanol–water partition coefficient (Wildman–Crippen LogP) is 2.39.